The molecule has 8 heteroatoms. The summed E-state index contributed by atoms with van der Waals surface area (Å²) in [5.41, 5.74) is 0.557. The van der Waals surface area contributed by atoms with Gasteiger partial charge in [-0.15, -0.1) is 5.10 Å². The van der Waals surface area contributed by atoms with E-state index in [0.29, 0.717) is 11.5 Å². The molecule has 1 unspecified atom stereocenters. The van der Waals surface area contributed by atoms with Crippen molar-refractivity contribution in [2.24, 2.45) is 0 Å². The molecule has 84 valence electrons. The van der Waals surface area contributed by atoms with Gasteiger partial charge in [-0.2, -0.15) is 4.68 Å². The lowest BCUT2D eigenvalue weighted by Gasteiger charge is -2.10. The zero-order valence-electron chi connectivity index (χ0n) is 8.56. The van der Waals surface area contributed by atoms with Crippen molar-refractivity contribution in [1.29, 1.82) is 0 Å². The summed E-state index contributed by atoms with van der Waals surface area (Å²) in [6, 6.07) is 0. The van der Waals surface area contributed by atoms with Gasteiger partial charge in [-0.3, -0.25) is 4.98 Å². The predicted octanol–water partition coefficient (Wildman–Crippen LogP) is -0.868. The maximum absolute atomic E-state index is 9.00. The fourth-order valence-electron chi connectivity index (χ4n) is 1.17. The SMILES string of the molecule is COC(CO)c1cnc(-n2cnnn2)cn1. The van der Waals surface area contributed by atoms with Crippen molar-refractivity contribution in [1.82, 2.24) is 30.2 Å². The first-order chi connectivity index (χ1) is 7.85. The molecule has 0 bridgehead atoms. The van der Waals surface area contributed by atoms with Gasteiger partial charge in [0.1, 0.15) is 12.4 Å². The third kappa shape index (κ3) is 2.02. The number of aliphatic hydroxyl groups excluding tert-OH is 1. The summed E-state index contributed by atoms with van der Waals surface area (Å²) >= 11 is 0. The van der Waals surface area contributed by atoms with E-state index in [-0.39, 0.29) is 6.61 Å². The smallest absolute Gasteiger partial charge is 0.175 e. The molecule has 2 rings (SSSR count). The molecule has 2 aromatic heterocycles. The highest BCUT2D eigenvalue weighted by Crippen LogP contribution is 2.12. The zero-order chi connectivity index (χ0) is 11.4. The van der Waals surface area contributed by atoms with Crippen LogP contribution in [-0.2, 0) is 4.74 Å². The van der Waals surface area contributed by atoms with Crippen LogP contribution in [0.4, 0.5) is 0 Å². The molecule has 0 aliphatic heterocycles. The molecule has 0 saturated carbocycles. The molecule has 0 aliphatic rings. The molecule has 0 saturated heterocycles. The van der Waals surface area contributed by atoms with Gasteiger partial charge in [-0.05, 0) is 10.4 Å². The second-order valence-electron chi connectivity index (χ2n) is 2.96. The quantitative estimate of drug-likeness (QED) is 0.717. The van der Waals surface area contributed by atoms with Crippen LogP contribution in [0.3, 0.4) is 0 Å². The number of methoxy groups -OCH3 is 1. The highest BCUT2D eigenvalue weighted by Gasteiger charge is 2.11. The van der Waals surface area contributed by atoms with Gasteiger partial charge in [0, 0.05) is 7.11 Å². The number of aromatic nitrogens is 6. The van der Waals surface area contributed by atoms with Crippen molar-refractivity contribution < 1.29 is 9.84 Å². The van der Waals surface area contributed by atoms with E-state index in [1.807, 2.05) is 0 Å². The number of tetrazole rings is 1. The Hall–Kier alpha value is -1.93. The number of rotatable bonds is 4. The van der Waals surface area contributed by atoms with Crippen LogP contribution < -0.4 is 0 Å². The van der Waals surface area contributed by atoms with Crippen molar-refractivity contribution in [3.63, 3.8) is 0 Å². The number of nitrogens with zero attached hydrogens (tertiary/aromatic N) is 6. The topological polar surface area (TPSA) is 98.8 Å². The first kappa shape index (κ1) is 10.6. The van der Waals surface area contributed by atoms with Gasteiger partial charge in [0.2, 0.25) is 0 Å². The van der Waals surface area contributed by atoms with E-state index >= 15 is 0 Å². The Morgan fingerprint density at radius 3 is 2.81 bits per heavy atom. The summed E-state index contributed by atoms with van der Waals surface area (Å²) in [5, 5.41) is 19.7. The zero-order valence-corrected chi connectivity index (χ0v) is 8.56. The molecule has 0 fully saturated rings. The van der Waals surface area contributed by atoms with E-state index in [9.17, 15) is 0 Å². The minimum atomic E-state index is -0.463. The Morgan fingerprint density at radius 2 is 2.31 bits per heavy atom. The first-order valence-corrected chi connectivity index (χ1v) is 4.54. The van der Waals surface area contributed by atoms with Crippen LogP contribution in [0, 0.1) is 0 Å². The van der Waals surface area contributed by atoms with Gasteiger partial charge in [0.25, 0.3) is 0 Å². The molecule has 0 spiro atoms. The maximum Gasteiger partial charge on any atom is 0.175 e. The Labute approximate surface area is 90.9 Å². The van der Waals surface area contributed by atoms with Gasteiger partial charge in [0.05, 0.1) is 24.7 Å². The van der Waals surface area contributed by atoms with E-state index in [1.165, 1.54) is 30.5 Å². The number of ether oxygens (including phenoxy) is 1. The minimum absolute atomic E-state index is 0.143. The van der Waals surface area contributed by atoms with E-state index in [4.69, 9.17) is 9.84 Å². The van der Waals surface area contributed by atoms with Crippen LogP contribution in [0.1, 0.15) is 11.8 Å². The highest BCUT2D eigenvalue weighted by atomic mass is 16.5. The highest BCUT2D eigenvalue weighted by molar-refractivity contribution is 5.16. The lowest BCUT2D eigenvalue weighted by Crippen LogP contribution is -2.10. The number of hydrogen-bond donors (Lipinski definition) is 1. The fourth-order valence-corrected chi connectivity index (χ4v) is 1.17. The second-order valence-corrected chi connectivity index (χ2v) is 2.96. The second kappa shape index (κ2) is 4.73. The lowest BCUT2D eigenvalue weighted by molar-refractivity contribution is 0.0452. The van der Waals surface area contributed by atoms with Crippen molar-refractivity contribution >= 4 is 0 Å². The molecule has 1 N–H and O–H groups in total. The van der Waals surface area contributed by atoms with E-state index in [2.05, 4.69) is 25.5 Å². The average molecular weight is 222 g/mol. The Balaban J connectivity index is 2.22. The summed E-state index contributed by atoms with van der Waals surface area (Å²) in [4.78, 5) is 8.22. The number of hydrogen-bond acceptors (Lipinski definition) is 7. The Bertz CT molecular complexity index is 424. The molecule has 2 heterocycles. The van der Waals surface area contributed by atoms with Crippen LogP contribution in [-0.4, -0.2) is 49.0 Å². The molecule has 0 amide bonds. The summed E-state index contributed by atoms with van der Waals surface area (Å²) < 4.78 is 6.40. The Morgan fingerprint density at radius 1 is 1.44 bits per heavy atom. The van der Waals surface area contributed by atoms with Gasteiger partial charge in [0.15, 0.2) is 5.82 Å². The van der Waals surface area contributed by atoms with Crippen LogP contribution in [0.15, 0.2) is 18.7 Å². The fraction of sp³-hybridized carbons (Fsp3) is 0.375. The van der Waals surface area contributed by atoms with E-state index in [1.54, 1.807) is 0 Å². The summed E-state index contributed by atoms with van der Waals surface area (Å²) in [6.07, 6.45) is 3.98. The van der Waals surface area contributed by atoms with Crippen LogP contribution in [0.25, 0.3) is 5.82 Å². The molecule has 16 heavy (non-hydrogen) atoms. The molecule has 2 aromatic rings. The standard InChI is InChI=1S/C8H10N6O2/c1-16-7(4-15)6-2-10-8(3-9-6)14-5-11-12-13-14/h2-3,5,7,15H,4H2,1H3. The molecule has 8 nitrogen and oxygen atoms in total. The molecular formula is C8H10N6O2. The Kier molecular flexibility index (Phi) is 3.13. The third-order valence-electron chi connectivity index (χ3n) is 2.02. The van der Waals surface area contributed by atoms with E-state index in [0.717, 1.165) is 0 Å². The van der Waals surface area contributed by atoms with Crippen LogP contribution in [0.2, 0.25) is 0 Å². The molecular weight excluding hydrogens is 212 g/mol. The van der Waals surface area contributed by atoms with Crippen molar-refractivity contribution in [2.45, 2.75) is 6.10 Å². The van der Waals surface area contributed by atoms with Crippen LogP contribution in [0.5, 0.6) is 0 Å². The average Bonchev–Trinajstić information content (AvgIpc) is 2.85. The number of aliphatic hydroxyl groups is 1. The summed E-state index contributed by atoms with van der Waals surface area (Å²) in [6.45, 7) is -0.143. The molecule has 0 aliphatic carbocycles. The summed E-state index contributed by atoms with van der Waals surface area (Å²) in [5.74, 6) is 0.501. The summed E-state index contributed by atoms with van der Waals surface area (Å²) in [7, 11) is 1.50. The normalized spacial score (nSPS) is 12.6. The minimum Gasteiger partial charge on any atom is -0.393 e. The van der Waals surface area contributed by atoms with Crippen molar-refractivity contribution in [2.75, 3.05) is 13.7 Å². The van der Waals surface area contributed by atoms with Crippen LogP contribution >= 0.6 is 0 Å². The van der Waals surface area contributed by atoms with Gasteiger partial charge < -0.3 is 9.84 Å². The monoisotopic (exact) mass is 222 g/mol. The van der Waals surface area contributed by atoms with Crippen molar-refractivity contribution in [3.8, 4) is 5.82 Å². The van der Waals surface area contributed by atoms with Gasteiger partial charge >= 0.3 is 0 Å². The molecule has 1 atom stereocenters. The lowest BCUT2D eigenvalue weighted by atomic mass is 10.3. The van der Waals surface area contributed by atoms with E-state index < -0.39 is 6.10 Å². The third-order valence-corrected chi connectivity index (χ3v) is 2.02. The largest absolute Gasteiger partial charge is 0.393 e. The molecule has 0 aromatic carbocycles. The molecule has 0 radical (unpaired) electrons. The van der Waals surface area contributed by atoms with Gasteiger partial charge in [-0.25, -0.2) is 4.98 Å². The maximum atomic E-state index is 9.00. The predicted molar refractivity (Wildman–Crippen MR) is 51.6 cm³/mol. The first-order valence-electron chi connectivity index (χ1n) is 4.54. The van der Waals surface area contributed by atoms with Gasteiger partial charge in [-0.1, -0.05) is 0 Å². The van der Waals surface area contributed by atoms with Crippen molar-refractivity contribution in [3.05, 3.63) is 24.4 Å².